The summed E-state index contributed by atoms with van der Waals surface area (Å²) in [6.45, 7) is 4.53. The van der Waals surface area contributed by atoms with Gasteiger partial charge < -0.3 is 14.8 Å². The summed E-state index contributed by atoms with van der Waals surface area (Å²) >= 11 is 5.96. The van der Waals surface area contributed by atoms with E-state index in [2.05, 4.69) is 5.32 Å². The summed E-state index contributed by atoms with van der Waals surface area (Å²) in [7, 11) is 3.94. The van der Waals surface area contributed by atoms with Crippen LogP contribution in [0, 0.1) is 6.92 Å². The lowest BCUT2D eigenvalue weighted by atomic mass is 10.0. The van der Waals surface area contributed by atoms with E-state index in [4.69, 9.17) is 11.6 Å². The monoisotopic (exact) mass is 401 g/mol. The van der Waals surface area contributed by atoms with E-state index in [0.717, 1.165) is 31.4 Å². The first-order chi connectivity index (χ1) is 13.2. The number of aryl methyl sites for hydroxylation is 1. The Labute approximate surface area is 171 Å². The minimum Gasteiger partial charge on any atom is -0.346 e. The van der Waals surface area contributed by atoms with Gasteiger partial charge in [0.05, 0.1) is 0 Å². The Bertz CT molecular complexity index is 914. The number of carbonyl (C=O) groups is 1. The van der Waals surface area contributed by atoms with Gasteiger partial charge in [0, 0.05) is 29.3 Å². The normalized spacial score (nSPS) is 16.1. The molecule has 1 aliphatic rings. The highest BCUT2D eigenvalue weighted by atomic mass is 35.5. The SMILES string of the molecule is Cc1ccn(C(C)CN(C)C)c(=O)c1C(=O)NC1(Cc2ccc(Cl)cc2)CC1. The summed E-state index contributed by atoms with van der Waals surface area (Å²) in [5.41, 5.74) is 1.59. The van der Waals surface area contributed by atoms with E-state index in [1.807, 2.05) is 63.2 Å². The topological polar surface area (TPSA) is 54.3 Å². The Morgan fingerprint density at radius 1 is 1.25 bits per heavy atom. The summed E-state index contributed by atoms with van der Waals surface area (Å²) in [6, 6.07) is 9.53. The van der Waals surface area contributed by atoms with Crippen LogP contribution >= 0.6 is 11.6 Å². The van der Waals surface area contributed by atoms with Crippen LogP contribution in [-0.2, 0) is 6.42 Å². The molecular weight excluding hydrogens is 374 g/mol. The molecule has 2 aromatic rings. The Hall–Kier alpha value is -2.11. The number of carbonyl (C=O) groups excluding carboxylic acids is 1. The second-order valence-electron chi connectivity index (χ2n) is 8.24. The molecule has 150 valence electrons. The molecule has 1 aliphatic carbocycles. The zero-order valence-corrected chi connectivity index (χ0v) is 17.7. The lowest BCUT2D eigenvalue weighted by Gasteiger charge is -2.22. The molecule has 0 aliphatic heterocycles. The maximum Gasteiger partial charge on any atom is 0.263 e. The zero-order chi connectivity index (χ0) is 20.5. The number of likely N-dealkylation sites (N-methyl/N-ethyl adjacent to an activating group) is 1. The molecule has 1 amide bonds. The molecule has 0 bridgehead atoms. The first-order valence-electron chi connectivity index (χ1n) is 9.64. The van der Waals surface area contributed by atoms with Gasteiger partial charge in [0.2, 0.25) is 0 Å². The molecule has 3 rings (SSSR count). The maximum atomic E-state index is 13.0. The van der Waals surface area contributed by atoms with Crippen LogP contribution in [0.4, 0.5) is 0 Å². The Balaban J connectivity index is 1.80. The van der Waals surface area contributed by atoms with E-state index in [1.54, 1.807) is 10.8 Å². The van der Waals surface area contributed by atoms with Crippen LogP contribution in [0.1, 0.15) is 47.3 Å². The van der Waals surface area contributed by atoms with Gasteiger partial charge in [-0.1, -0.05) is 23.7 Å². The summed E-state index contributed by atoms with van der Waals surface area (Å²) in [4.78, 5) is 28.1. The molecule has 1 atom stereocenters. The summed E-state index contributed by atoms with van der Waals surface area (Å²) in [5.74, 6) is -0.277. The van der Waals surface area contributed by atoms with Gasteiger partial charge in [-0.05, 0) is 76.5 Å². The van der Waals surface area contributed by atoms with E-state index in [0.29, 0.717) is 10.6 Å². The quantitative estimate of drug-likeness (QED) is 0.773. The number of aromatic nitrogens is 1. The minimum atomic E-state index is -0.277. The molecule has 1 aromatic heterocycles. The third kappa shape index (κ3) is 4.65. The van der Waals surface area contributed by atoms with Crippen molar-refractivity contribution in [1.82, 2.24) is 14.8 Å². The van der Waals surface area contributed by atoms with Crippen LogP contribution in [0.5, 0.6) is 0 Å². The van der Waals surface area contributed by atoms with Crippen molar-refractivity contribution in [2.45, 2.75) is 44.7 Å². The van der Waals surface area contributed by atoms with Crippen LogP contribution in [-0.4, -0.2) is 41.6 Å². The van der Waals surface area contributed by atoms with Crippen molar-refractivity contribution in [1.29, 1.82) is 0 Å². The molecule has 1 saturated carbocycles. The average Bonchev–Trinajstić information content (AvgIpc) is 3.35. The Morgan fingerprint density at radius 2 is 1.89 bits per heavy atom. The Kier molecular flexibility index (Phi) is 5.96. The molecule has 0 radical (unpaired) electrons. The molecule has 1 fully saturated rings. The van der Waals surface area contributed by atoms with Crippen LogP contribution in [0.25, 0.3) is 0 Å². The smallest absolute Gasteiger partial charge is 0.263 e. The molecule has 28 heavy (non-hydrogen) atoms. The molecule has 1 unspecified atom stereocenters. The third-order valence-corrected chi connectivity index (χ3v) is 5.60. The largest absolute Gasteiger partial charge is 0.346 e. The first-order valence-corrected chi connectivity index (χ1v) is 10.0. The van der Waals surface area contributed by atoms with Gasteiger partial charge in [-0.25, -0.2) is 0 Å². The number of pyridine rings is 1. The predicted octanol–water partition coefficient (Wildman–Crippen LogP) is 3.44. The number of hydrogen-bond acceptors (Lipinski definition) is 3. The predicted molar refractivity (Wildman–Crippen MR) is 113 cm³/mol. The van der Waals surface area contributed by atoms with Gasteiger partial charge in [-0.2, -0.15) is 0 Å². The summed E-state index contributed by atoms with van der Waals surface area (Å²) < 4.78 is 1.65. The van der Waals surface area contributed by atoms with E-state index >= 15 is 0 Å². The fraction of sp³-hybridized carbons (Fsp3) is 0.455. The van der Waals surface area contributed by atoms with Crippen molar-refractivity contribution in [3.63, 3.8) is 0 Å². The molecule has 1 heterocycles. The number of rotatable bonds is 7. The van der Waals surface area contributed by atoms with Crippen LogP contribution in [0.15, 0.2) is 41.3 Å². The summed E-state index contributed by atoms with van der Waals surface area (Å²) in [6.07, 6.45) is 4.35. The second kappa shape index (κ2) is 8.10. The van der Waals surface area contributed by atoms with E-state index in [9.17, 15) is 9.59 Å². The zero-order valence-electron chi connectivity index (χ0n) is 17.0. The highest BCUT2D eigenvalue weighted by Crippen LogP contribution is 2.39. The maximum absolute atomic E-state index is 13.0. The summed E-state index contributed by atoms with van der Waals surface area (Å²) in [5, 5.41) is 3.84. The lowest BCUT2D eigenvalue weighted by molar-refractivity contribution is 0.0928. The average molecular weight is 402 g/mol. The van der Waals surface area contributed by atoms with Crippen LogP contribution in [0.3, 0.4) is 0 Å². The number of nitrogens with one attached hydrogen (secondary N) is 1. The van der Waals surface area contributed by atoms with Gasteiger partial charge in [-0.3, -0.25) is 9.59 Å². The van der Waals surface area contributed by atoms with Crippen molar-refractivity contribution < 1.29 is 4.79 Å². The van der Waals surface area contributed by atoms with Crippen LogP contribution in [0.2, 0.25) is 5.02 Å². The molecular formula is C22H28ClN3O2. The van der Waals surface area contributed by atoms with Crippen LogP contribution < -0.4 is 10.9 Å². The molecule has 0 saturated heterocycles. The van der Waals surface area contributed by atoms with Crippen molar-refractivity contribution in [2.75, 3.05) is 20.6 Å². The van der Waals surface area contributed by atoms with Gasteiger partial charge in [0.15, 0.2) is 0 Å². The van der Waals surface area contributed by atoms with Gasteiger partial charge in [0.1, 0.15) is 5.56 Å². The van der Waals surface area contributed by atoms with Gasteiger partial charge >= 0.3 is 0 Å². The lowest BCUT2D eigenvalue weighted by Crippen LogP contribution is -2.43. The number of nitrogens with zero attached hydrogens (tertiary/aromatic N) is 2. The third-order valence-electron chi connectivity index (χ3n) is 5.35. The molecule has 0 spiro atoms. The van der Waals surface area contributed by atoms with Crippen molar-refractivity contribution in [3.05, 3.63) is 68.6 Å². The Morgan fingerprint density at radius 3 is 2.46 bits per heavy atom. The van der Waals surface area contributed by atoms with Gasteiger partial charge in [-0.15, -0.1) is 0 Å². The highest BCUT2D eigenvalue weighted by Gasteiger charge is 2.44. The van der Waals surface area contributed by atoms with E-state index in [1.165, 1.54) is 0 Å². The fourth-order valence-corrected chi connectivity index (χ4v) is 3.80. The highest BCUT2D eigenvalue weighted by molar-refractivity contribution is 6.30. The molecule has 1 aromatic carbocycles. The van der Waals surface area contributed by atoms with Crippen molar-refractivity contribution in [3.8, 4) is 0 Å². The van der Waals surface area contributed by atoms with Crippen molar-refractivity contribution in [2.24, 2.45) is 0 Å². The standard InChI is InChI=1S/C22H28ClN3O2/c1-15-9-12-26(16(2)14-25(3)4)21(28)19(15)20(27)24-22(10-11-22)13-17-5-7-18(23)8-6-17/h5-9,12,16H,10-11,13-14H2,1-4H3,(H,24,27). The minimum absolute atomic E-state index is 0.0152. The number of amides is 1. The fourth-order valence-electron chi connectivity index (χ4n) is 3.67. The van der Waals surface area contributed by atoms with E-state index in [-0.39, 0.29) is 28.6 Å². The molecule has 5 nitrogen and oxygen atoms in total. The number of halogens is 1. The second-order valence-corrected chi connectivity index (χ2v) is 8.67. The molecule has 6 heteroatoms. The van der Waals surface area contributed by atoms with Gasteiger partial charge in [0.25, 0.3) is 11.5 Å². The number of hydrogen-bond donors (Lipinski definition) is 1. The number of benzene rings is 1. The van der Waals surface area contributed by atoms with Crippen molar-refractivity contribution >= 4 is 17.5 Å². The molecule has 1 N–H and O–H groups in total. The van der Waals surface area contributed by atoms with E-state index < -0.39 is 0 Å². The first kappa shape index (κ1) is 20.6.